The molecule has 0 aliphatic carbocycles. The Morgan fingerprint density at radius 2 is 1.82 bits per heavy atom. The maximum absolute atomic E-state index is 13.0. The third-order valence-electron chi connectivity index (χ3n) is 5.30. The van der Waals surface area contributed by atoms with Gasteiger partial charge in [0.1, 0.15) is 11.6 Å². The maximum atomic E-state index is 13.0. The van der Waals surface area contributed by atoms with Crippen LogP contribution in [-0.4, -0.2) is 51.4 Å². The van der Waals surface area contributed by atoms with Crippen molar-refractivity contribution in [3.05, 3.63) is 46.8 Å². The summed E-state index contributed by atoms with van der Waals surface area (Å²) < 4.78 is 28.4. The number of aromatic nitrogens is 1. The lowest BCUT2D eigenvalue weighted by atomic mass is 10.1. The number of nitriles is 1. The number of nitrogens with zero attached hydrogens (tertiary/aromatic N) is 4. The SMILES string of the molecule is Cc1cc(/C=C(\C#N)C(=O)Nc2cc(S(=O)(=O)N(C)C)ccc2N(C)C)c(C)n1CC(C)C. The summed E-state index contributed by atoms with van der Waals surface area (Å²) >= 11 is 0. The minimum absolute atomic E-state index is 0.0492. The molecule has 9 heteroatoms. The number of amides is 1. The van der Waals surface area contributed by atoms with Gasteiger partial charge in [0.25, 0.3) is 5.91 Å². The molecule has 0 saturated carbocycles. The summed E-state index contributed by atoms with van der Waals surface area (Å²) in [6.07, 6.45) is 1.57. The van der Waals surface area contributed by atoms with E-state index in [1.807, 2.05) is 26.0 Å². The Balaban J connectivity index is 2.47. The van der Waals surface area contributed by atoms with Gasteiger partial charge in [-0.25, -0.2) is 12.7 Å². The summed E-state index contributed by atoms with van der Waals surface area (Å²) in [6.45, 7) is 9.08. The zero-order chi connectivity index (χ0) is 25.1. The van der Waals surface area contributed by atoms with Crippen molar-refractivity contribution in [2.24, 2.45) is 5.92 Å². The van der Waals surface area contributed by atoms with Crippen molar-refractivity contribution < 1.29 is 13.2 Å². The first kappa shape index (κ1) is 26.2. The molecular formula is C24H33N5O3S. The van der Waals surface area contributed by atoms with Gasteiger partial charge >= 0.3 is 0 Å². The van der Waals surface area contributed by atoms with Gasteiger partial charge < -0.3 is 14.8 Å². The normalized spacial score (nSPS) is 12.2. The second-order valence-electron chi connectivity index (χ2n) is 8.82. The van der Waals surface area contributed by atoms with Crippen LogP contribution >= 0.6 is 0 Å². The summed E-state index contributed by atoms with van der Waals surface area (Å²) in [4.78, 5) is 14.8. The fourth-order valence-electron chi connectivity index (χ4n) is 3.49. The highest BCUT2D eigenvalue weighted by Crippen LogP contribution is 2.29. The van der Waals surface area contributed by atoms with E-state index in [0.717, 1.165) is 27.8 Å². The lowest BCUT2D eigenvalue weighted by molar-refractivity contribution is -0.112. The van der Waals surface area contributed by atoms with E-state index in [0.29, 0.717) is 17.3 Å². The largest absolute Gasteiger partial charge is 0.376 e. The molecule has 0 aliphatic heterocycles. The van der Waals surface area contributed by atoms with Crippen LogP contribution in [0.1, 0.15) is 30.8 Å². The van der Waals surface area contributed by atoms with Gasteiger partial charge in [-0.1, -0.05) is 13.8 Å². The predicted molar refractivity (Wildman–Crippen MR) is 133 cm³/mol. The van der Waals surface area contributed by atoms with Crippen LogP contribution in [0.15, 0.2) is 34.7 Å². The van der Waals surface area contributed by atoms with E-state index in [9.17, 15) is 18.5 Å². The van der Waals surface area contributed by atoms with Crippen molar-refractivity contribution in [1.82, 2.24) is 8.87 Å². The van der Waals surface area contributed by atoms with Gasteiger partial charge in [-0.05, 0) is 55.7 Å². The van der Waals surface area contributed by atoms with Crippen molar-refractivity contribution in [3.63, 3.8) is 0 Å². The average molecular weight is 472 g/mol. The van der Waals surface area contributed by atoms with Crippen molar-refractivity contribution in [1.29, 1.82) is 5.26 Å². The van der Waals surface area contributed by atoms with Crippen LogP contribution < -0.4 is 10.2 Å². The molecule has 8 nitrogen and oxygen atoms in total. The summed E-state index contributed by atoms with van der Waals surface area (Å²) in [5.74, 6) is -0.144. The van der Waals surface area contributed by atoms with E-state index in [1.165, 1.54) is 26.2 Å². The van der Waals surface area contributed by atoms with Gasteiger partial charge in [0.15, 0.2) is 0 Å². The Kier molecular flexibility index (Phi) is 8.11. The molecule has 0 saturated heterocycles. The lowest BCUT2D eigenvalue weighted by Crippen LogP contribution is -2.23. The number of carbonyl (C=O) groups is 1. The fourth-order valence-corrected chi connectivity index (χ4v) is 4.42. The highest BCUT2D eigenvalue weighted by atomic mass is 32.2. The second kappa shape index (κ2) is 10.2. The van der Waals surface area contributed by atoms with Gasteiger partial charge in [0.2, 0.25) is 10.0 Å². The van der Waals surface area contributed by atoms with Crippen molar-refractivity contribution in [2.75, 3.05) is 38.4 Å². The van der Waals surface area contributed by atoms with E-state index in [1.54, 1.807) is 31.1 Å². The smallest absolute Gasteiger partial charge is 0.266 e. The number of carbonyl (C=O) groups excluding carboxylic acids is 1. The second-order valence-corrected chi connectivity index (χ2v) is 11.0. The van der Waals surface area contributed by atoms with Crippen molar-refractivity contribution in [2.45, 2.75) is 39.1 Å². The zero-order valence-electron chi connectivity index (χ0n) is 20.6. The lowest BCUT2D eigenvalue weighted by Gasteiger charge is -2.20. The molecule has 1 amide bonds. The molecule has 0 atom stereocenters. The van der Waals surface area contributed by atoms with Crippen molar-refractivity contribution >= 4 is 33.4 Å². The number of hydrogen-bond acceptors (Lipinski definition) is 5. The minimum Gasteiger partial charge on any atom is -0.376 e. The predicted octanol–water partition coefficient (Wildman–Crippen LogP) is 3.62. The molecular weight excluding hydrogens is 438 g/mol. The summed E-state index contributed by atoms with van der Waals surface area (Å²) in [5, 5.41) is 12.4. The average Bonchev–Trinajstić information content (AvgIpc) is 2.98. The monoisotopic (exact) mass is 471 g/mol. The maximum Gasteiger partial charge on any atom is 0.266 e. The van der Waals surface area contributed by atoms with E-state index in [4.69, 9.17) is 0 Å². The molecule has 1 aromatic heterocycles. The fraction of sp³-hybridized carbons (Fsp3) is 0.417. The number of benzene rings is 1. The zero-order valence-corrected chi connectivity index (χ0v) is 21.4. The Hall–Kier alpha value is -3.09. The van der Waals surface area contributed by atoms with Crippen LogP contribution in [-0.2, 0) is 21.4 Å². The van der Waals surface area contributed by atoms with Gasteiger partial charge in [-0.15, -0.1) is 0 Å². The van der Waals surface area contributed by atoms with E-state index in [-0.39, 0.29) is 10.5 Å². The molecule has 33 heavy (non-hydrogen) atoms. The molecule has 178 valence electrons. The molecule has 0 bridgehead atoms. The number of rotatable bonds is 8. The first-order chi connectivity index (χ1) is 15.3. The Morgan fingerprint density at radius 1 is 1.18 bits per heavy atom. The Morgan fingerprint density at radius 3 is 2.33 bits per heavy atom. The van der Waals surface area contributed by atoms with Crippen LogP contribution in [0.4, 0.5) is 11.4 Å². The first-order valence-electron chi connectivity index (χ1n) is 10.6. The molecule has 0 fully saturated rings. The van der Waals surface area contributed by atoms with Crippen LogP contribution in [0, 0.1) is 31.1 Å². The third kappa shape index (κ3) is 5.83. The molecule has 0 aliphatic rings. The highest BCUT2D eigenvalue weighted by molar-refractivity contribution is 7.89. The Labute approximate surface area is 197 Å². The molecule has 0 radical (unpaired) electrons. The number of aryl methyl sites for hydroxylation is 1. The van der Waals surface area contributed by atoms with E-state index in [2.05, 4.69) is 23.7 Å². The van der Waals surface area contributed by atoms with Gasteiger partial charge in [0, 0.05) is 46.1 Å². The number of nitrogens with one attached hydrogen (secondary N) is 1. The van der Waals surface area contributed by atoms with Crippen molar-refractivity contribution in [3.8, 4) is 6.07 Å². The van der Waals surface area contributed by atoms with E-state index < -0.39 is 15.9 Å². The van der Waals surface area contributed by atoms with Crippen LogP contribution in [0.5, 0.6) is 0 Å². The summed E-state index contributed by atoms with van der Waals surface area (Å²) in [7, 11) is 2.77. The topological polar surface area (TPSA) is 98.4 Å². The van der Waals surface area contributed by atoms with E-state index >= 15 is 0 Å². The highest BCUT2D eigenvalue weighted by Gasteiger charge is 2.21. The third-order valence-corrected chi connectivity index (χ3v) is 7.11. The first-order valence-corrected chi connectivity index (χ1v) is 12.1. The van der Waals surface area contributed by atoms with Crippen LogP contribution in [0.3, 0.4) is 0 Å². The Bertz CT molecular complexity index is 1220. The van der Waals surface area contributed by atoms with Gasteiger partial charge in [-0.3, -0.25) is 4.79 Å². The van der Waals surface area contributed by atoms with Crippen LogP contribution in [0.25, 0.3) is 6.08 Å². The number of sulfonamides is 1. The molecule has 1 heterocycles. The number of anilines is 2. The number of hydrogen-bond donors (Lipinski definition) is 1. The molecule has 2 rings (SSSR count). The standard InChI is InChI=1S/C24H33N5O3S/c1-16(2)15-29-17(3)11-19(18(29)4)12-20(14-25)24(30)26-22-13-21(33(31,32)28(7)8)9-10-23(22)27(5)6/h9-13,16H,15H2,1-8H3,(H,26,30)/b20-12+. The van der Waals surface area contributed by atoms with Crippen LogP contribution in [0.2, 0.25) is 0 Å². The molecule has 1 N–H and O–H groups in total. The van der Waals surface area contributed by atoms with Gasteiger partial charge in [0.05, 0.1) is 16.3 Å². The minimum atomic E-state index is -3.69. The molecule has 0 unspecified atom stereocenters. The molecule has 1 aromatic carbocycles. The quantitative estimate of drug-likeness (QED) is 0.468. The molecule has 2 aromatic rings. The summed E-state index contributed by atoms with van der Waals surface area (Å²) in [5.41, 5.74) is 3.70. The molecule has 0 spiro atoms. The van der Waals surface area contributed by atoms with Gasteiger partial charge in [-0.2, -0.15) is 5.26 Å². The summed E-state index contributed by atoms with van der Waals surface area (Å²) in [6, 6.07) is 8.46.